The molecule has 0 aromatic carbocycles. The smallest absolute Gasteiger partial charge is 0.326 e. The quantitative estimate of drug-likeness (QED) is 0.523. The van der Waals surface area contributed by atoms with Gasteiger partial charge >= 0.3 is 5.97 Å². The predicted molar refractivity (Wildman–Crippen MR) is 85.4 cm³/mol. The van der Waals surface area contributed by atoms with Gasteiger partial charge in [0.25, 0.3) is 0 Å². The van der Waals surface area contributed by atoms with Gasteiger partial charge in [-0.25, -0.2) is 0 Å². The number of ether oxygens (including phenoxy) is 2. The first kappa shape index (κ1) is 18.4. The Morgan fingerprint density at radius 2 is 1.86 bits per heavy atom. The summed E-state index contributed by atoms with van der Waals surface area (Å²) in [6, 6.07) is 0. The molecule has 0 bridgehead atoms. The second kappa shape index (κ2) is 10.2. The number of nitrogens with one attached hydrogen (secondary N) is 1. The maximum Gasteiger partial charge on any atom is 0.326 e. The number of esters is 1. The number of hydrogen-bond acceptors (Lipinski definition) is 4. The highest BCUT2D eigenvalue weighted by Crippen LogP contribution is 2.21. The molecule has 0 aromatic heterocycles. The number of carbonyl (C=O) groups is 1. The van der Waals surface area contributed by atoms with Crippen molar-refractivity contribution in [3.05, 3.63) is 0 Å². The lowest BCUT2D eigenvalue weighted by atomic mass is 9.98. The Morgan fingerprint density at radius 3 is 2.43 bits per heavy atom. The Balaban J connectivity index is 2.42. The van der Waals surface area contributed by atoms with Crippen LogP contribution < -0.4 is 5.32 Å². The highest BCUT2D eigenvalue weighted by molar-refractivity contribution is 5.80. The fourth-order valence-corrected chi connectivity index (χ4v) is 2.79. The van der Waals surface area contributed by atoms with Crippen LogP contribution in [0.15, 0.2) is 0 Å². The summed E-state index contributed by atoms with van der Waals surface area (Å²) in [7, 11) is 0. The topological polar surface area (TPSA) is 47.6 Å². The van der Waals surface area contributed by atoms with Gasteiger partial charge in [0.1, 0.15) is 5.54 Å². The SMILES string of the molecule is CCCNC(C)(CCOC1CCCCCC1)C(=O)OCC. The summed E-state index contributed by atoms with van der Waals surface area (Å²) in [6.07, 6.45) is 9.58. The van der Waals surface area contributed by atoms with Crippen LogP contribution >= 0.6 is 0 Å². The Hall–Kier alpha value is -0.610. The number of carbonyl (C=O) groups excluding carboxylic acids is 1. The van der Waals surface area contributed by atoms with E-state index in [-0.39, 0.29) is 5.97 Å². The molecule has 1 aliphatic rings. The van der Waals surface area contributed by atoms with Gasteiger partial charge in [-0.1, -0.05) is 32.6 Å². The van der Waals surface area contributed by atoms with Crippen molar-refractivity contribution in [1.82, 2.24) is 5.32 Å². The van der Waals surface area contributed by atoms with Crippen LogP contribution in [0.1, 0.15) is 72.1 Å². The lowest BCUT2D eigenvalue weighted by Gasteiger charge is -2.29. The molecule has 1 rings (SSSR count). The Labute approximate surface area is 130 Å². The van der Waals surface area contributed by atoms with Crippen LogP contribution in [0, 0.1) is 0 Å². The molecular formula is C17H33NO3. The molecule has 1 saturated carbocycles. The van der Waals surface area contributed by atoms with E-state index >= 15 is 0 Å². The standard InChI is InChI=1S/C17H33NO3/c1-4-13-18-17(3,16(19)20-5-2)12-14-21-15-10-8-6-7-9-11-15/h15,18H,4-14H2,1-3H3. The fraction of sp³-hybridized carbons (Fsp3) is 0.941. The minimum absolute atomic E-state index is 0.164. The van der Waals surface area contributed by atoms with Crippen molar-refractivity contribution in [2.24, 2.45) is 0 Å². The lowest BCUT2D eigenvalue weighted by Crippen LogP contribution is -2.51. The van der Waals surface area contributed by atoms with Crippen LogP contribution in [0.2, 0.25) is 0 Å². The van der Waals surface area contributed by atoms with E-state index in [0.717, 1.165) is 13.0 Å². The van der Waals surface area contributed by atoms with Crippen molar-refractivity contribution in [3.63, 3.8) is 0 Å². The van der Waals surface area contributed by atoms with Gasteiger partial charge in [0.2, 0.25) is 0 Å². The predicted octanol–water partition coefficient (Wildman–Crippen LogP) is 3.44. The van der Waals surface area contributed by atoms with Gasteiger partial charge in [-0.3, -0.25) is 4.79 Å². The van der Waals surface area contributed by atoms with Crippen LogP contribution in [0.5, 0.6) is 0 Å². The van der Waals surface area contributed by atoms with E-state index < -0.39 is 5.54 Å². The molecule has 124 valence electrons. The van der Waals surface area contributed by atoms with Crippen molar-refractivity contribution in [2.75, 3.05) is 19.8 Å². The first-order valence-corrected chi connectivity index (χ1v) is 8.66. The molecule has 0 amide bonds. The zero-order chi connectivity index (χ0) is 15.6. The van der Waals surface area contributed by atoms with Gasteiger partial charge in [0, 0.05) is 6.61 Å². The number of hydrogen-bond donors (Lipinski definition) is 1. The Bertz CT molecular complexity index is 288. The highest BCUT2D eigenvalue weighted by atomic mass is 16.5. The average molecular weight is 299 g/mol. The largest absolute Gasteiger partial charge is 0.465 e. The highest BCUT2D eigenvalue weighted by Gasteiger charge is 2.33. The number of rotatable bonds is 9. The van der Waals surface area contributed by atoms with Crippen LogP contribution in [-0.2, 0) is 14.3 Å². The summed E-state index contributed by atoms with van der Waals surface area (Å²) >= 11 is 0. The third-order valence-electron chi connectivity index (χ3n) is 4.25. The van der Waals surface area contributed by atoms with Crippen molar-refractivity contribution >= 4 is 5.97 Å². The monoisotopic (exact) mass is 299 g/mol. The second-order valence-corrected chi connectivity index (χ2v) is 6.21. The molecule has 1 fully saturated rings. The van der Waals surface area contributed by atoms with Gasteiger partial charge in [-0.15, -0.1) is 0 Å². The molecule has 0 saturated heterocycles. The van der Waals surface area contributed by atoms with E-state index in [0.29, 0.717) is 25.7 Å². The molecule has 1 atom stereocenters. The Morgan fingerprint density at radius 1 is 1.19 bits per heavy atom. The van der Waals surface area contributed by atoms with E-state index in [1.54, 1.807) is 0 Å². The van der Waals surface area contributed by atoms with E-state index in [1.807, 2.05) is 13.8 Å². The normalized spacial score (nSPS) is 19.8. The summed E-state index contributed by atoms with van der Waals surface area (Å²) < 4.78 is 11.2. The van der Waals surface area contributed by atoms with Crippen molar-refractivity contribution < 1.29 is 14.3 Å². The van der Waals surface area contributed by atoms with Crippen LogP contribution in [0.25, 0.3) is 0 Å². The van der Waals surface area contributed by atoms with Crippen molar-refractivity contribution in [2.45, 2.75) is 83.8 Å². The summed E-state index contributed by atoms with van der Waals surface area (Å²) in [4.78, 5) is 12.2. The minimum atomic E-state index is -0.628. The molecule has 0 aromatic rings. The second-order valence-electron chi connectivity index (χ2n) is 6.21. The maximum atomic E-state index is 12.2. The summed E-state index contributed by atoms with van der Waals surface area (Å²) in [5.41, 5.74) is -0.628. The third kappa shape index (κ3) is 6.79. The van der Waals surface area contributed by atoms with E-state index in [2.05, 4.69) is 12.2 Å². The molecule has 1 unspecified atom stereocenters. The molecule has 0 radical (unpaired) electrons. The van der Waals surface area contributed by atoms with Gasteiger partial charge < -0.3 is 14.8 Å². The zero-order valence-electron chi connectivity index (χ0n) is 14.1. The lowest BCUT2D eigenvalue weighted by molar-refractivity contribution is -0.151. The van der Waals surface area contributed by atoms with E-state index in [1.165, 1.54) is 38.5 Å². The molecule has 1 aliphatic carbocycles. The van der Waals surface area contributed by atoms with Crippen LogP contribution in [-0.4, -0.2) is 37.4 Å². The molecule has 21 heavy (non-hydrogen) atoms. The average Bonchev–Trinajstić information content (AvgIpc) is 2.74. The van der Waals surface area contributed by atoms with E-state index in [9.17, 15) is 4.79 Å². The van der Waals surface area contributed by atoms with Gasteiger partial charge in [-0.2, -0.15) is 0 Å². The Kier molecular flexibility index (Phi) is 8.93. The van der Waals surface area contributed by atoms with Crippen molar-refractivity contribution in [1.29, 1.82) is 0 Å². The molecule has 0 aliphatic heterocycles. The fourth-order valence-electron chi connectivity index (χ4n) is 2.79. The first-order valence-electron chi connectivity index (χ1n) is 8.66. The molecule has 0 heterocycles. The first-order chi connectivity index (χ1) is 10.1. The zero-order valence-corrected chi connectivity index (χ0v) is 14.1. The summed E-state index contributed by atoms with van der Waals surface area (Å²) in [5.74, 6) is -0.164. The molecule has 0 spiro atoms. The van der Waals surface area contributed by atoms with Gasteiger partial charge in [0.05, 0.1) is 12.7 Å². The molecule has 1 N–H and O–H groups in total. The van der Waals surface area contributed by atoms with Gasteiger partial charge in [-0.05, 0) is 46.1 Å². The maximum absolute atomic E-state index is 12.2. The van der Waals surface area contributed by atoms with Crippen LogP contribution in [0.4, 0.5) is 0 Å². The van der Waals surface area contributed by atoms with Gasteiger partial charge in [0.15, 0.2) is 0 Å². The molecular weight excluding hydrogens is 266 g/mol. The molecule has 4 heteroatoms. The van der Waals surface area contributed by atoms with Crippen LogP contribution in [0.3, 0.4) is 0 Å². The molecule has 4 nitrogen and oxygen atoms in total. The summed E-state index contributed by atoms with van der Waals surface area (Å²) in [5, 5.41) is 3.33. The third-order valence-corrected chi connectivity index (χ3v) is 4.25. The minimum Gasteiger partial charge on any atom is -0.465 e. The summed E-state index contributed by atoms with van der Waals surface area (Å²) in [6.45, 7) is 7.74. The van der Waals surface area contributed by atoms with E-state index in [4.69, 9.17) is 9.47 Å². The van der Waals surface area contributed by atoms with Crippen molar-refractivity contribution in [3.8, 4) is 0 Å².